The lowest BCUT2D eigenvalue weighted by Gasteiger charge is -2.03. The first-order chi connectivity index (χ1) is 7.70. The molecule has 0 bridgehead atoms. The molecule has 0 heterocycles. The van der Waals surface area contributed by atoms with Gasteiger partial charge in [0.05, 0.1) is 6.61 Å². The summed E-state index contributed by atoms with van der Waals surface area (Å²) in [6.45, 7) is 4.60. The van der Waals surface area contributed by atoms with Crippen molar-refractivity contribution in [2.45, 2.75) is 65.2 Å². The van der Waals surface area contributed by atoms with Gasteiger partial charge in [0.1, 0.15) is 5.78 Å². The first-order valence-electron chi connectivity index (χ1n) is 6.38. The molecule has 16 heavy (non-hydrogen) atoms. The van der Waals surface area contributed by atoms with Gasteiger partial charge >= 0.3 is 5.97 Å². The average molecular weight is 228 g/mol. The minimum atomic E-state index is -0.128. The van der Waals surface area contributed by atoms with E-state index in [1.165, 1.54) is 0 Å². The van der Waals surface area contributed by atoms with Gasteiger partial charge in [-0.25, -0.2) is 0 Å². The van der Waals surface area contributed by atoms with E-state index in [4.69, 9.17) is 4.74 Å². The highest BCUT2D eigenvalue weighted by Gasteiger charge is 2.04. The minimum absolute atomic E-state index is 0.128. The van der Waals surface area contributed by atoms with E-state index in [2.05, 4.69) is 6.92 Å². The van der Waals surface area contributed by atoms with E-state index < -0.39 is 0 Å². The van der Waals surface area contributed by atoms with Crippen LogP contribution >= 0.6 is 0 Å². The molecule has 0 saturated heterocycles. The van der Waals surface area contributed by atoms with Gasteiger partial charge in [-0.3, -0.25) is 9.59 Å². The van der Waals surface area contributed by atoms with Gasteiger partial charge in [0.25, 0.3) is 0 Å². The Morgan fingerprint density at radius 1 is 0.875 bits per heavy atom. The fourth-order valence-electron chi connectivity index (χ4n) is 1.40. The summed E-state index contributed by atoms with van der Waals surface area (Å²) in [5.41, 5.74) is 0. The minimum Gasteiger partial charge on any atom is -0.466 e. The molecule has 0 aliphatic rings. The summed E-state index contributed by atoms with van der Waals surface area (Å²) in [5, 5.41) is 0. The van der Waals surface area contributed by atoms with Gasteiger partial charge in [-0.15, -0.1) is 0 Å². The second kappa shape index (κ2) is 10.7. The van der Waals surface area contributed by atoms with Gasteiger partial charge in [0.2, 0.25) is 0 Å². The van der Waals surface area contributed by atoms with E-state index in [0.717, 1.165) is 32.1 Å². The van der Waals surface area contributed by atoms with Gasteiger partial charge in [-0.2, -0.15) is 0 Å². The lowest BCUT2D eigenvalue weighted by Crippen LogP contribution is -2.06. The molecule has 0 fully saturated rings. The molecule has 0 unspecified atom stereocenters. The van der Waals surface area contributed by atoms with E-state index in [1.807, 2.05) is 6.92 Å². The van der Waals surface area contributed by atoms with Crippen LogP contribution in [0.1, 0.15) is 65.2 Å². The van der Waals surface area contributed by atoms with Crippen LogP contribution < -0.4 is 0 Å². The predicted octanol–water partition coefficient (Wildman–Crippen LogP) is 3.26. The number of Topliss-reactive ketones (excluding diaryl/α,β-unsaturated/α-hetero) is 1. The summed E-state index contributed by atoms with van der Waals surface area (Å²) in [6, 6.07) is 0. The smallest absolute Gasteiger partial charge is 0.305 e. The maximum absolute atomic E-state index is 11.2. The Bertz CT molecular complexity index is 199. The quantitative estimate of drug-likeness (QED) is 0.426. The standard InChI is InChI=1S/C13H24O3/c1-3-5-11-16-13(15)10-7-6-9-12(14)8-4-2/h3-11H2,1-2H3. The van der Waals surface area contributed by atoms with Gasteiger partial charge in [0.15, 0.2) is 0 Å². The molecule has 0 aliphatic heterocycles. The Kier molecular flexibility index (Phi) is 10.1. The summed E-state index contributed by atoms with van der Waals surface area (Å²) in [4.78, 5) is 22.4. The maximum atomic E-state index is 11.2. The topological polar surface area (TPSA) is 43.4 Å². The zero-order valence-corrected chi connectivity index (χ0v) is 10.6. The third-order valence-electron chi connectivity index (χ3n) is 2.38. The molecule has 0 saturated carbocycles. The molecule has 0 radical (unpaired) electrons. The lowest BCUT2D eigenvalue weighted by atomic mass is 10.1. The Labute approximate surface area is 98.6 Å². The van der Waals surface area contributed by atoms with Crippen LogP contribution in [-0.2, 0) is 14.3 Å². The second-order valence-corrected chi connectivity index (χ2v) is 4.07. The molecule has 0 amide bonds. The molecule has 3 heteroatoms. The van der Waals surface area contributed by atoms with Gasteiger partial charge < -0.3 is 4.74 Å². The highest BCUT2D eigenvalue weighted by Crippen LogP contribution is 2.05. The summed E-state index contributed by atoms with van der Waals surface area (Å²) in [6.07, 6.45) is 6.18. The van der Waals surface area contributed by atoms with Crippen molar-refractivity contribution in [3.8, 4) is 0 Å². The first-order valence-corrected chi connectivity index (χ1v) is 6.38. The number of esters is 1. The molecule has 0 aromatic heterocycles. The highest BCUT2D eigenvalue weighted by atomic mass is 16.5. The van der Waals surface area contributed by atoms with E-state index in [-0.39, 0.29) is 5.97 Å². The molecule has 94 valence electrons. The second-order valence-electron chi connectivity index (χ2n) is 4.07. The maximum Gasteiger partial charge on any atom is 0.305 e. The van der Waals surface area contributed by atoms with Crippen molar-refractivity contribution in [1.29, 1.82) is 0 Å². The Morgan fingerprint density at radius 2 is 1.56 bits per heavy atom. The van der Waals surface area contributed by atoms with Crippen LogP contribution in [0.25, 0.3) is 0 Å². The molecular weight excluding hydrogens is 204 g/mol. The number of hydrogen-bond donors (Lipinski definition) is 0. The van der Waals surface area contributed by atoms with Gasteiger partial charge in [-0.05, 0) is 25.7 Å². The number of carbonyl (C=O) groups is 2. The van der Waals surface area contributed by atoms with Gasteiger partial charge in [0, 0.05) is 19.3 Å². The van der Waals surface area contributed by atoms with Crippen LogP contribution in [-0.4, -0.2) is 18.4 Å². The predicted molar refractivity (Wildman–Crippen MR) is 64.3 cm³/mol. The zero-order chi connectivity index (χ0) is 12.2. The number of rotatable bonds is 10. The third kappa shape index (κ3) is 9.69. The molecular formula is C13H24O3. The molecule has 0 spiro atoms. The van der Waals surface area contributed by atoms with Crippen molar-refractivity contribution in [2.24, 2.45) is 0 Å². The van der Waals surface area contributed by atoms with E-state index in [0.29, 0.717) is 31.7 Å². The lowest BCUT2D eigenvalue weighted by molar-refractivity contribution is -0.144. The SMILES string of the molecule is CCCCOC(=O)CCCCC(=O)CCC. The van der Waals surface area contributed by atoms with Gasteiger partial charge in [-0.1, -0.05) is 20.3 Å². The molecule has 3 nitrogen and oxygen atoms in total. The first kappa shape index (κ1) is 15.1. The van der Waals surface area contributed by atoms with Crippen molar-refractivity contribution >= 4 is 11.8 Å². The molecule has 0 atom stereocenters. The molecule has 0 aliphatic carbocycles. The van der Waals surface area contributed by atoms with E-state index >= 15 is 0 Å². The number of carbonyl (C=O) groups excluding carboxylic acids is 2. The fraction of sp³-hybridized carbons (Fsp3) is 0.846. The van der Waals surface area contributed by atoms with Crippen LogP contribution in [0.2, 0.25) is 0 Å². The monoisotopic (exact) mass is 228 g/mol. The van der Waals surface area contributed by atoms with Crippen LogP contribution in [0.15, 0.2) is 0 Å². The van der Waals surface area contributed by atoms with Crippen molar-refractivity contribution in [3.63, 3.8) is 0 Å². The summed E-state index contributed by atoms with van der Waals surface area (Å²) in [7, 11) is 0. The largest absolute Gasteiger partial charge is 0.466 e. The third-order valence-corrected chi connectivity index (χ3v) is 2.38. The Balaban J connectivity index is 3.30. The van der Waals surface area contributed by atoms with Crippen molar-refractivity contribution in [1.82, 2.24) is 0 Å². The van der Waals surface area contributed by atoms with Crippen molar-refractivity contribution in [3.05, 3.63) is 0 Å². The summed E-state index contributed by atoms with van der Waals surface area (Å²) in [5.74, 6) is 0.179. The Morgan fingerprint density at radius 3 is 2.19 bits per heavy atom. The van der Waals surface area contributed by atoms with E-state index in [9.17, 15) is 9.59 Å². The van der Waals surface area contributed by atoms with Crippen LogP contribution in [0, 0.1) is 0 Å². The van der Waals surface area contributed by atoms with Crippen LogP contribution in [0.3, 0.4) is 0 Å². The molecule has 0 aromatic carbocycles. The molecule has 0 N–H and O–H groups in total. The molecule has 0 rings (SSSR count). The number of unbranched alkanes of at least 4 members (excludes halogenated alkanes) is 2. The number of ether oxygens (including phenoxy) is 1. The number of ketones is 1. The van der Waals surface area contributed by atoms with Crippen molar-refractivity contribution < 1.29 is 14.3 Å². The molecule has 0 aromatic rings. The highest BCUT2D eigenvalue weighted by molar-refractivity contribution is 5.78. The van der Waals surface area contributed by atoms with Crippen LogP contribution in [0.4, 0.5) is 0 Å². The zero-order valence-electron chi connectivity index (χ0n) is 10.6. The Hall–Kier alpha value is -0.860. The van der Waals surface area contributed by atoms with Crippen LogP contribution in [0.5, 0.6) is 0 Å². The summed E-state index contributed by atoms with van der Waals surface area (Å²) >= 11 is 0. The van der Waals surface area contributed by atoms with Crippen molar-refractivity contribution in [2.75, 3.05) is 6.61 Å². The number of hydrogen-bond acceptors (Lipinski definition) is 3. The average Bonchev–Trinajstić information content (AvgIpc) is 2.25. The normalized spacial score (nSPS) is 10.1. The fourth-order valence-corrected chi connectivity index (χ4v) is 1.40. The summed E-state index contributed by atoms with van der Waals surface area (Å²) < 4.78 is 5.01. The van der Waals surface area contributed by atoms with E-state index in [1.54, 1.807) is 0 Å².